The van der Waals surface area contributed by atoms with Gasteiger partial charge in [0.25, 0.3) is 5.01 Å². The Morgan fingerprint density at radius 1 is 0.943 bits per heavy atom. The maximum atomic E-state index is 6.36. The molecule has 0 amide bonds. The number of nitrogens with zero attached hydrogens (tertiary/aromatic N) is 2. The summed E-state index contributed by atoms with van der Waals surface area (Å²) in [6, 6.07) is 21.7. The molecule has 0 saturated carbocycles. The summed E-state index contributed by atoms with van der Waals surface area (Å²) in [5.41, 5.74) is 8.83. The van der Waals surface area contributed by atoms with E-state index < -0.39 is 0 Å². The number of rotatable bonds is 6. The predicted octanol–water partition coefficient (Wildman–Crippen LogP) is 8.05. The fourth-order valence-electron chi connectivity index (χ4n) is 4.69. The van der Waals surface area contributed by atoms with Gasteiger partial charge in [-0.2, -0.15) is 4.57 Å². The molecule has 5 rings (SSSR count). The lowest BCUT2D eigenvalue weighted by atomic mass is 10.0. The zero-order valence-corrected chi connectivity index (χ0v) is 22.1. The van der Waals surface area contributed by atoms with Crippen LogP contribution in [0.4, 0.5) is 5.69 Å². The average molecular weight is 482 g/mol. The summed E-state index contributed by atoms with van der Waals surface area (Å²) in [4.78, 5) is 2.27. The van der Waals surface area contributed by atoms with Gasteiger partial charge in [0.1, 0.15) is 11.2 Å². The zero-order chi connectivity index (χ0) is 24.5. The Labute approximate surface area is 212 Å². The van der Waals surface area contributed by atoms with Crippen molar-refractivity contribution in [3.8, 4) is 16.9 Å². The van der Waals surface area contributed by atoms with Crippen LogP contribution in [-0.2, 0) is 6.54 Å². The first kappa shape index (κ1) is 23.4. The fourth-order valence-corrected chi connectivity index (χ4v) is 5.98. The molecule has 1 aliphatic heterocycles. The molecule has 4 heteroatoms. The number of aromatic nitrogens is 1. The molecule has 0 unspecified atom stereocenters. The van der Waals surface area contributed by atoms with Crippen LogP contribution in [0.2, 0.25) is 0 Å². The highest BCUT2D eigenvalue weighted by atomic mass is 32.1. The van der Waals surface area contributed by atoms with Gasteiger partial charge >= 0.3 is 0 Å². The third-order valence-corrected chi connectivity index (χ3v) is 7.94. The van der Waals surface area contributed by atoms with Crippen LogP contribution < -0.4 is 14.2 Å². The Balaban J connectivity index is 1.52. The molecule has 0 atom stereocenters. The predicted molar refractivity (Wildman–Crippen MR) is 149 cm³/mol. The van der Waals surface area contributed by atoms with E-state index in [2.05, 4.69) is 117 Å². The Morgan fingerprint density at radius 3 is 2.43 bits per heavy atom. The van der Waals surface area contributed by atoms with Crippen molar-refractivity contribution in [3.05, 3.63) is 94.3 Å². The van der Waals surface area contributed by atoms with Crippen LogP contribution in [0.3, 0.4) is 0 Å². The number of hydrogen-bond donors (Lipinski definition) is 0. The molecule has 178 valence electrons. The lowest BCUT2D eigenvalue weighted by molar-refractivity contribution is -0.665. The number of anilines is 1. The van der Waals surface area contributed by atoms with Crippen LogP contribution >= 0.6 is 11.3 Å². The van der Waals surface area contributed by atoms with E-state index in [4.69, 9.17) is 4.74 Å². The van der Waals surface area contributed by atoms with Gasteiger partial charge in [0.15, 0.2) is 5.75 Å². The summed E-state index contributed by atoms with van der Waals surface area (Å²) < 4.78 is 10.1. The largest absolute Gasteiger partial charge is 0.439 e. The molecule has 0 fully saturated rings. The highest BCUT2D eigenvalue weighted by Gasteiger charge is 2.26. The summed E-state index contributed by atoms with van der Waals surface area (Å²) in [7, 11) is 0. The summed E-state index contributed by atoms with van der Waals surface area (Å²) in [6.07, 6.45) is 5.49. The van der Waals surface area contributed by atoms with Crippen molar-refractivity contribution in [2.24, 2.45) is 0 Å². The van der Waals surface area contributed by atoms with Crippen molar-refractivity contribution < 1.29 is 9.30 Å². The van der Waals surface area contributed by atoms with Gasteiger partial charge in [-0.25, -0.2) is 0 Å². The van der Waals surface area contributed by atoms with Crippen molar-refractivity contribution >= 4 is 33.3 Å². The van der Waals surface area contributed by atoms with E-state index in [9.17, 15) is 0 Å². The summed E-state index contributed by atoms with van der Waals surface area (Å²) >= 11 is 1.87. The molecule has 2 heterocycles. The van der Waals surface area contributed by atoms with Crippen LogP contribution in [0.5, 0.6) is 5.75 Å². The van der Waals surface area contributed by atoms with Gasteiger partial charge in [-0.1, -0.05) is 54.7 Å². The molecule has 35 heavy (non-hydrogen) atoms. The SMILES string of the molecule is CCC(/C=C1\Oc2ccc(-c3ccccc3)cc2N1CC)=C\c1sc2cc(C)c(C)cc2[n+]1CC. The molecule has 0 N–H and O–H groups in total. The standard InChI is InChI=1S/C31H33N2OS/c1-6-23(19-31-33(8-3)27-16-21(4)22(5)17-29(27)35-31)18-30-32(7-2)26-20-25(14-15-28(26)34-30)24-12-10-9-11-13-24/h9-20H,6-8H2,1-5H3/q+1. The molecule has 3 nitrogen and oxygen atoms in total. The number of ether oxygens (including phenoxy) is 1. The third-order valence-electron chi connectivity index (χ3n) is 6.84. The minimum absolute atomic E-state index is 0.852. The van der Waals surface area contributed by atoms with E-state index >= 15 is 0 Å². The molecule has 4 aromatic rings. The molecular formula is C31H33N2OS+. The second-order valence-corrected chi connectivity index (χ2v) is 10.1. The Bertz CT molecular complexity index is 1450. The van der Waals surface area contributed by atoms with Crippen molar-refractivity contribution in [1.82, 2.24) is 0 Å². The Hall–Kier alpha value is -3.37. The smallest absolute Gasteiger partial charge is 0.263 e. The number of allylic oxidation sites excluding steroid dienone is 2. The molecular weight excluding hydrogens is 448 g/mol. The lowest BCUT2D eigenvalue weighted by Crippen LogP contribution is -2.33. The summed E-state index contributed by atoms with van der Waals surface area (Å²) in [5, 5.41) is 1.28. The van der Waals surface area contributed by atoms with E-state index in [0.717, 1.165) is 36.8 Å². The quantitative estimate of drug-likeness (QED) is 0.259. The van der Waals surface area contributed by atoms with Crippen LogP contribution in [0.25, 0.3) is 27.4 Å². The molecule has 1 aliphatic rings. The first-order valence-electron chi connectivity index (χ1n) is 12.5. The second-order valence-electron chi connectivity index (χ2n) is 9.04. The molecule has 1 aromatic heterocycles. The number of thiazole rings is 1. The normalized spacial score (nSPS) is 14.6. The fraction of sp³-hybridized carbons (Fsp3) is 0.258. The maximum Gasteiger partial charge on any atom is 0.263 e. The van der Waals surface area contributed by atoms with Crippen molar-refractivity contribution in [2.75, 3.05) is 11.4 Å². The average Bonchev–Trinajstić information content (AvgIpc) is 3.39. The van der Waals surface area contributed by atoms with E-state index in [-0.39, 0.29) is 0 Å². The van der Waals surface area contributed by atoms with E-state index in [1.807, 2.05) is 11.3 Å². The highest BCUT2D eigenvalue weighted by molar-refractivity contribution is 7.18. The molecule has 3 aromatic carbocycles. The number of hydrogen-bond acceptors (Lipinski definition) is 3. The van der Waals surface area contributed by atoms with Gasteiger partial charge in [-0.05, 0) is 80.1 Å². The van der Waals surface area contributed by atoms with Gasteiger partial charge in [0, 0.05) is 24.8 Å². The minimum atomic E-state index is 0.852. The lowest BCUT2D eigenvalue weighted by Gasteiger charge is -2.16. The molecule has 0 bridgehead atoms. The molecule has 0 aliphatic carbocycles. The maximum absolute atomic E-state index is 6.36. The number of aryl methyl sites for hydroxylation is 3. The van der Waals surface area contributed by atoms with E-state index in [1.54, 1.807) is 0 Å². The van der Waals surface area contributed by atoms with Crippen LogP contribution in [0, 0.1) is 13.8 Å². The van der Waals surface area contributed by atoms with Crippen LogP contribution in [0.15, 0.2) is 78.2 Å². The topological polar surface area (TPSA) is 16.4 Å². The highest BCUT2D eigenvalue weighted by Crippen LogP contribution is 2.42. The van der Waals surface area contributed by atoms with Crippen LogP contribution in [-0.4, -0.2) is 6.54 Å². The van der Waals surface area contributed by atoms with Crippen molar-refractivity contribution in [2.45, 2.75) is 47.6 Å². The third kappa shape index (κ3) is 4.39. The van der Waals surface area contributed by atoms with Gasteiger partial charge in [0.05, 0.1) is 5.69 Å². The summed E-state index contributed by atoms with van der Waals surface area (Å²) in [6.45, 7) is 12.8. The van der Waals surface area contributed by atoms with Gasteiger partial charge in [-0.3, -0.25) is 0 Å². The van der Waals surface area contributed by atoms with Crippen molar-refractivity contribution in [1.29, 1.82) is 0 Å². The number of fused-ring (bicyclic) bond motifs is 2. The Kier molecular flexibility index (Phi) is 6.48. The first-order chi connectivity index (χ1) is 17.0. The molecule has 0 radical (unpaired) electrons. The Morgan fingerprint density at radius 2 is 1.71 bits per heavy atom. The van der Waals surface area contributed by atoms with Crippen LogP contribution in [0.1, 0.15) is 43.3 Å². The van der Waals surface area contributed by atoms with E-state index in [0.29, 0.717) is 0 Å². The van der Waals surface area contributed by atoms with E-state index in [1.165, 1.54) is 43.1 Å². The minimum Gasteiger partial charge on any atom is -0.439 e. The van der Waals surface area contributed by atoms with Crippen molar-refractivity contribution in [3.63, 3.8) is 0 Å². The zero-order valence-electron chi connectivity index (χ0n) is 21.3. The molecule has 0 spiro atoms. The second kappa shape index (κ2) is 9.71. The van der Waals surface area contributed by atoms with Gasteiger partial charge < -0.3 is 9.64 Å². The monoisotopic (exact) mass is 481 g/mol. The summed E-state index contributed by atoms with van der Waals surface area (Å²) in [5.74, 6) is 1.82. The molecule has 0 saturated heterocycles. The number of benzene rings is 3. The van der Waals surface area contributed by atoms with Gasteiger partial charge in [0.2, 0.25) is 11.4 Å². The first-order valence-corrected chi connectivity index (χ1v) is 13.3. The van der Waals surface area contributed by atoms with Gasteiger partial charge in [-0.15, -0.1) is 0 Å².